The predicted molar refractivity (Wildman–Crippen MR) is 167 cm³/mol. The van der Waals surface area contributed by atoms with Gasteiger partial charge in [-0.2, -0.15) is 0 Å². The van der Waals surface area contributed by atoms with Crippen LogP contribution in [0.3, 0.4) is 0 Å². The molecule has 3 fully saturated rings. The normalized spacial score (nSPS) is 22.5. The SMILES string of the molecule is COC(=O)c1cccc(NC(=O)NC2(C)N=C(c3ccccc3F)c3ccccc3N(C(=O)N3CC4CCC(CC4)C3)C2=O)c1. The minimum absolute atomic E-state index is 0.110. The Hall–Kier alpha value is -5.06. The summed E-state index contributed by atoms with van der Waals surface area (Å²) in [5, 5.41) is 5.27. The minimum atomic E-state index is -2.04. The van der Waals surface area contributed by atoms with Crippen molar-refractivity contribution < 1.29 is 28.3 Å². The number of nitrogens with one attached hydrogen (secondary N) is 2. The number of benzene rings is 3. The van der Waals surface area contributed by atoms with E-state index in [-0.39, 0.29) is 28.2 Å². The first-order chi connectivity index (χ1) is 21.7. The van der Waals surface area contributed by atoms with Gasteiger partial charge in [0, 0.05) is 29.9 Å². The van der Waals surface area contributed by atoms with E-state index in [0.717, 1.165) is 30.6 Å². The second-order valence-electron chi connectivity index (χ2n) is 11.9. The summed E-state index contributed by atoms with van der Waals surface area (Å²) in [6.07, 6.45) is 4.15. The molecule has 45 heavy (non-hydrogen) atoms. The Morgan fingerprint density at radius 2 is 1.56 bits per heavy atom. The van der Waals surface area contributed by atoms with E-state index in [1.807, 2.05) is 0 Å². The Balaban J connectivity index is 1.42. The summed E-state index contributed by atoms with van der Waals surface area (Å²) in [4.78, 5) is 62.0. The number of aliphatic imine (C=N–C) groups is 1. The molecule has 3 aromatic rings. The van der Waals surface area contributed by atoms with Crippen molar-refractivity contribution in [1.29, 1.82) is 0 Å². The molecule has 0 spiro atoms. The molecule has 1 unspecified atom stereocenters. The number of hydrogen-bond donors (Lipinski definition) is 2. The molecule has 1 aliphatic carbocycles. The summed E-state index contributed by atoms with van der Waals surface area (Å²) in [7, 11) is 1.25. The van der Waals surface area contributed by atoms with Gasteiger partial charge in [-0.25, -0.2) is 28.7 Å². The Kier molecular flexibility index (Phi) is 8.09. The maximum Gasteiger partial charge on any atom is 0.337 e. The van der Waals surface area contributed by atoms with E-state index in [0.29, 0.717) is 30.5 Å². The van der Waals surface area contributed by atoms with Crippen molar-refractivity contribution in [2.75, 3.05) is 30.4 Å². The van der Waals surface area contributed by atoms with Crippen molar-refractivity contribution >= 4 is 41.0 Å². The largest absolute Gasteiger partial charge is 0.465 e. The van der Waals surface area contributed by atoms with Crippen LogP contribution in [0.5, 0.6) is 0 Å². The van der Waals surface area contributed by atoms with Crippen LogP contribution in [-0.4, -0.2) is 60.4 Å². The first kappa shape index (κ1) is 30.0. The van der Waals surface area contributed by atoms with Gasteiger partial charge in [0.1, 0.15) is 5.82 Å². The highest BCUT2D eigenvalue weighted by atomic mass is 19.1. The number of rotatable bonds is 4. The average Bonchev–Trinajstić information content (AvgIpc) is 3.42. The maximum atomic E-state index is 15.3. The smallest absolute Gasteiger partial charge is 0.337 e. The lowest BCUT2D eigenvalue weighted by molar-refractivity contribution is -0.123. The lowest BCUT2D eigenvalue weighted by atomic mass is 9.84. The fourth-order valence-corrected chi connectivity index (χ4v) is 6.47. The Morgan fingerprint density at radius 1 is 0.911 bits per heavy atom. The van der Waals surface area contributed by atoms with Crippen molar-refractivity contribution in [3.63, 3.8) is 0 Å². The van der Waals surface area contributed by atoms with Gasteiger partial charge in [0.2, 0.25) is 5.66 Å². The van der Waals surface area contributed by atoms with Crippen LogP contribution >= 0.6 is 0 Å². The van der Waals surface area contributed by atoms with Crippen LogP contribution in [-0.2, 0) is 9.53 Å². The predicted octanol–water partition coefficient (Wildman–Crippen LogP) is 5.58. The maximum absolute atomic E-state index is 15.3. The molecule has 4 aliphatic rings. The summed E-state index contributed by atoms with van der Waals surface area (Å²) in [6.45, 7) is 2.45. The van der Waals surface area contributed by atoms with Crippen molar-refractivity contribution in [3.05, 3.63) is 95.3 Å². The molecule has 0 radical (unpaired) electrons. The fourth-order valence-electron chi connectivity index (χ4n) is 6.47. The molecule has 2 bridgehead atoms. The quantitative estimate of drug-likeness (QED) is 0.374. The monoisotopic (exact) mass is 611 g/mol. The van der Waals surface area contributed by atoms with Gasteiger partial charge >= 0.3 is 18.0 Å². The number of anilines is 2. The molecule has 3 heterocycles. The van der Waals surface area contributed by atoms with E-state index in [9.17, 15) is 19.2 Å². The number of esters is 1. The fraction of sp³-hybridized carbons (Fsp3) is 0.324. The van der Waals surface area contributed by atoms with Gasteiger partial charge in [0.15, 0.2) is 0 Å². The molecular formula is C34H34FN5O5. The Morgan fingerprint density at radius 3 is 2.22 bits per heavy atom. The van der Waals surface area contributed by atoms with Crippen molar-refractivity contribution in [2.24, 2.45) is 16.8 Å². The van der Waals surface area contributed by atoms with Crippen LogP contribution in [0.2, 0.25) is 0 Å². The first-order valence-electron chi connectivity index (χ1n) is 15.0. The highest BCUT2D eigenvalue weighted by Crippen LogP contribution is 2.37. The number of urea groups is 2. The number of para-hydroxylation sites is 1. The number of carbonyl (C=O) groups is 4. The van der Waals surface area contributed by atoms with Gasteiger partial charge in [-0.15, -0.1) is 0 Å². The number of ether oxygens (including phenoxy) is 1. The number of methoxy groups -OCH3 is 1. The number of nitrogens with zero attached hydrogens (tertiary/aromatic N) is 3. The summed E-state index contributed by atoms with van der Waals surface area (Å²) in [6, 6.07) is 17.5. The van der Waals surface area contributed by atoms with Gasteiger partial charge in [-0.3, -0.25) is 4.79 Å². The standard InChI is InChI=1S/C34H34FN5O5/c1-34(38-32(43)36-24-9-7-8-23(18-24)30(41)45-2)31(42)40(33(44)39-19-21-14-15-22(20-39)17-16-21)28-13-6-4-11-26(28)29(37-34)25-10-3-5-12-27(25)35/h3-13,18,21-22H,14-17,19-20H2,1-2H3,(H2,36,38,43). The number of amides is 5. The number of halogens is 1. The zero-order valence-corrected chi connectivity index (χ0v) is 25.1. The van der Waals surface area contributed by atoms with E-state index >= 15 is 4.39 Å². The van der Waals surface area contributed by atoms with Gasteiger partial charge in [-0.1, -0.05) is 36.4 Å². The first-order valence-corrected chi connectivity index (χ1v) is 15.0. The van der Waals surface area contributed by atoms with Gasteiger partial charge in [-0.05, 0) is 80.8 Å². The second kappa shape index (κ2) is 12.1. The molecule has 11 heteroatoms. The van der Waals surface area contributed by atoms with Crippen molar-refractivity contribution in [2.45, 2.75) is 38.3 Å². The van der Waals surface area contributed by atoms with Crippen LogP contribution in [0.1, 0.15) is 54.1 Å². The number of benzodiazepines with no additional fused rings is 1. The van der Waals surface area contributed by atoms with Crippen LogP contribution in [0, 0.1) is 17.7 Å². The topological polar surface area (TPSA) is 120 Å². The van der Waals surface area contributed by atoms with E-state index in [1.54, 1.807) is 53.4 Å². The van der Waals surface area contributed by atoms with Crippen molar-refractivity contribution in [3.8, 4) is 0 Å². The number of carbonyl (C=O) groups excluding carboxylic acids is 4. The molecular weight excluding hydrogens is 577 g/mol. The van der Waals surface area contributed by atoms with Gasteiger partial charge < -0.3 is 20.3 Å². The minimum Gasteiger partial charge on any atom is -0.465 e. The summed E-state index contributed by atoms with van der Waals surface area (Å²) in [5.41, 5.74) is -0.721. The van der Waals surface area contributed by atoms with E-state index in [4.69, 9.17) is 9.73 Å². The molecule has 1 saturated carbocycles. The molecule has 1 atom stereocenters. The summed E-state index contributed by atoms with van der Waals surface area (Å²) >= 11 is 0. The lowest BCUT2D eigenvalue weighted by Crippen LogP contribution is -2.60. The van der Waals surface area contributed by atoms with Crippen LogP contribution in [0.15, 0.2) is 77.8 Å². The molecule has 3 aliphatic heterocycles. The zero-order valence-electron chi connectivity index (χ0n) is 25.1. The number of imide groups is 1. The molecule has 7 rings (SSSR count). The third-order valence-electron chi connectivity index (χ3n) is 8.77. The Labute approximate surface area is 260 Å². The van der Waals surface area contributed by atoms with Crippen molar-refractivity contribution in [1.82, 2.24) is 10.2 Å². The zero-order chi connectivity index (χ0) is 31.7. The molecule has 232 valence electrons. The number of hydrogen-bond acceptors (Lipinski definition) is 6. The van der Waals surface area contributed by atoms with E-state index < -0.39 is 35.4 Å². The highest BCUT2D eigenvalue weighted by molar-refractivity contribution is 6.27. The molecule has 5 amide bonds. The van der Waals surface area contributed by atoms with E-state index in [2.05, 4.69) is 10.6 Å². The lowest BCUT2D eigenvalue weighted by Gasteiger charge is -2.34. The van der Waals surface area contributed by atoms with Crippen LogP contribution in [0.25, 0.3) is 0 Å². The summed E-state index contributed by atoms with van der Waals surface area (Å²) < 4.78 is 20.1. The second-order valence-corrected chi connectivity index (χ2v) is 11.9. The highest BCUT2D eigenvalue weighted by Gasteiger charge is 2.47. The summed E-state index contributed by atoms with van der Waals surface area (Å²) in [5.74, 6) is -1.24. The molecule has 2 N–H and O–H groups in total. The van der Waals surface area contributed by atoms with E-state index in [1.165, 1.54) is 38.3 Å². The molecule has 2 saturated heterocycles. The average molecular weight is 612 g/mol. The Bertz CT molecular complexity index is 1690. The third kappa shape index (κ3) is 5.90. The van der Waals surface area contributed by atoms with Crippen LogP contribution < -0.4 is 15.5 Å². The van der Waals surface area contributed by atoms with Gasteiger partial charge in [0.05, 0.1) is 24.1 Å². The number of fused-ring (bicyclic) bond motifs is 5. The molecule has 10 nitrogen and oxygen atoms in total. The molecule has 3 aromatic carbocycles. The third-order valence-corrected chi connectivity index (χ3v) is 8.77. The van der Waals surface area contributed by atoms with Gasteiger partial charge in [0.25, 0.3) is 5.91 Å². The van der Waals surface area contributed by atoms with Crippen LogP contribution in [0.4, 0.5) is 25.4 Å². The molecule has 0 aromatic heterocycles.